The zero-order valence-corrected chi connectivity index (χ0v) is 18.8. The third-order valence-corrected chi connectivity index (χ3v) is 6.23. The number of hydrogen-bond donors (Lipinski definition) is 1. The number of nitro groups is 1. The molecule has 4 aromatic rings. The van der Waals surface area contributed by atoms with E-state index in [1.165, 1.54) is 23.5 Å². The minimum absolute atomic E-state index is 0.0240. The van der Waals surface area contributed by atoms with Crippen molar-refractivity contribution in [1.29, 1.82) is 0 Å². The second-order valence-corrected chi connectivity index (χ2v) is 8.71. The third kappa shape index (κ3) is 4.54. The number of rotatable bonds is 5. The first kappa shape index (κ1) is 21.7. The Hall–Kier alpha value is -3.55. The van der Waals surface area contributed by atoms with Gasteiger partial charge in [0.25, 0.3) is 11.6 Å². The molecule has 8 heteroatoms. The molecule has 0 bridgehead atoms. The molecule has 160 valence electrons. The Balaban J connectivity index is 1.72. The van der Waals surface area contributed by atoms with Crippen molar-refractivity contribution in [3.63, 3.8) is 0 Å². The number of amides is 1. The van der Waals surface area contributed by atoms with E-state index < -0.39 is 10.8 Å². The molecule has 0 unspecified atom stereocenters. The summed E-state index contributed by atoms with van der Waals surface area (Å²) in [7, 11) is 0. The number of nitrogens with zero attached hydrogens (tertiary/aromatic N) is 2. The first-order chi connectivity index (χ1) is 15.3. The minimum Gasteiger partial charge on any atom is -0.298 e. The molecule has 0 radical (unpaired) electrons. The Labute approximate surface area is 193 Å². The van der Waals surface area contributed by atoms with E-state index in [4.69, 9.17) is 11.6 Å². The largest absolute Gasteiger partial charge is 0.298 e. The van der Waals surface area contributed by atoms with Crippen molar-refractivity contribution in [2.24, 2.45) is 0 Å². The molecule has 1 heterocycles. The van der Waals surface area contributed by atoms with E-state index in [1.54, 1.807) is 0 Å². The van der Waals surface area contributed by atoms with Gasteiger partial charge in [-0.1, -0.05) is 82.6 Å². The Morgan fingerprint density at radius 2 is 1.56 bits per heavy atom. The zero-order chi connectivity index (χ0) is 22.8. The average Bonchev–Trinajstić information content (AvgIpc) is 3.18. The van der Waals surface area contributed by atoms with Gasteiger partial charge < -0.3 is 0 Å². The van der Waals surface area contributed by atoms with Crippen LogP contribution in [0.15, 0.2) is 66.7 Å². The van der Waals surface area contributed by atoms with Crippen LogP contribution in [0.5, 0.6) is 0 Å². The number of carbonyl (C=O) groups excluding carboxylic acids is 1. The molecule has 1 N–H and O–H groups in total. The molecular formula is C24H18ClN3O3S. The zero-order valence-electron chi connectivity index (χ0n) is 17.3. The fraction of sp³-hybridized carbons (Fsp3) is 0.0833. The van der Waals surface area contributed by atoms with Crippen LogP contribution in [0.25, 0.3) is 21.7 Å². The van der Waals surface area contributed by atoms with Crippen LogP contribution >= 0.6 is 22.9 Å². The first-order valence-electron chi connectivity index (χ1n) is 9.72. The van der Waals surface area contributed by atoms with Crippen LogP contribution in [0.3, 0.4) is 0 Å². The van der Waals surface area contributed by atoms with Crippen LogP contribution in [0.4, 0.5) is 10.8 Å². The summed E-state index contributed by atoms with van der Waals surface area (Å²) in [5, 5.41) is 14.3. The van der Waals surface area contributed by atoms with Gasteiger partial charge in [-0.25, -0.2) is 4.98 Å². The van der Waals surface area contributed by atoms with Gasteiger partial charge in [0.2, 0.25) is 0 Å². The fourth-order valence-corrected chi connectivity index (χ4v) is 4.32. The lowest BCUT2D eigenvalue weighted by molar-refractivity contribution is -0.384. The molecule has 0 aliphatic rings. The summed E-state index contributed by atoms with van der Waals surface area (Å²) in [5.41, 5.74) is 4.78. The highest BCUT2D eigenvalue weighted by atomic mass is 35.5. The minimum atomic E-state index is -0.618. The van der Waals surface area contributed by atoms with Crippen molar-refractivity contribution >= 4 is 39.7 Å². The highest BCUT2D eigenvalue weighted by molar-refractivity contribution is 7.19. The molecule has 0 fully saturated rings. The van der Waals surface area contributed by atoms with Gasteiger partial charge in [-0.3, -0.25) is 20.2 Å². The van der Waals surface area contributed by atoms with Crippen molar-refractivity contribution in [3.8, 4) is 21.7 Å². The number of nitrogens with one attached hydrogen (secondary N) is 1. The summed E-state index contributed by atoms with van der Waals surface area (Å²) in [6.45, 7) is 4.04. The van der Waals surface area contributed by atoms with Gasteiger partial charge in [-0.05, 0) is 31.5 Å². The van der Waals surface area contributed by atoms with E-state index in [1.807, 2.05) is 62.4 Å². The number of aryl methyl sites for hydroxylation is 2. The van der Waals surface area contributed by atoms with E-state index in [0.717, 1.165) is 38.9 Å². The van der Waals surface area contributed by atoms with E-state index in [0.29, 0.717) is 5.13 Å². The quantitative estimate of drug-likeness (QED) is 0.257. The van der Waals surface area contributed by atoms with Gasteiger partial charge in [0, 0.05) is 17.2 Å². The number of carbonyl (C=O) groups is 1. The molecule has 0 aliphatic carbocycles. The number of benzene rings is 3. The number of anilines is 1. The van der Waals surface area contributed by atoms with Crippen molar-refractivity contribution in [2.45, 2.75) is 13.8 Å². The van der Waals surface area contributed by atoms with Crippen LogP contribution in [0, 0.1) is 24.0 Å². The molecule has 3 aromatic carbocycles. The average molecular weight is 464 g/mol. The molecule has 0 saturated heterocycles. The van der Waals surface area contributed by atoms with E-state index in [-0.39, 0.29) is 16.3 Å². The predicted octanol–water partition coefficient (Wildman–Crippen LogP) is 6.91. The van der Waals surface area contributed by atoms with E-state index in [9.17, 15) is 14.9 Å². The second-order valence-electron chi connectivity index (χ2n) is 7.31. The molecule has 0 atom stereocenters. The van der Waals surface area contributed by atoms with Crippen LogP contribution in [0.1, 0.15) is 21.5 Å². The summed E-state index contributed by atoms with van der Waals surface area (Å²) in [6.07, 6.45) is 0. The Bertz CT molecular complexity index is 1250. The van der Waals surface area contributed by atoms with Gasteiger partial charge in [0.05, 0.1) is 15.5 Å². The van der Waals surface area contributed by atoms with Gasteiger partial charge in [0.15, 0.2) is 5.13 Å². The lowest BCUT2D eigenvalue weighted by atomic mass is 10.0. The summed E-state index contributed by atoms with van der Waals surface area (Å²) >= 11 is 7.21. The normalized spacial score (nSPS) is 10.7. The number of halogens is 1. The predicted molar refractivity (Wildman–Crippen MR) is 129 cm³/mol. The maximum atomic E-state index is 12.8. The molecule has 0 aliphatic heterocycles. The third-order valence-electron chi connectivity index (χ3n) is 4.89. The van der Waals surface area contributed by atoms with Gasteiger partial charge in [-0.15, -0.1) is 0 Å². The lowest BCUT2D eigenvalue weighted by Gasteiger charge is -2.04. The summed E-state index contributed by atoms with van der Waals surface area (Å²) in [6, 6.07) is 20.1. The van der Waals surface area contributed by atoms with Crippen LogP contribution in [-0.4, -0.2) is 15.8 Å². The second kappa shape index (κ2) is 8.90. The van der Waals surface area contributed by atoms with Crippen molar-refractivity contribution in [3.05, 3.63) is 98.6 Å². The Morgan fingerprint density at radius 1 is 0.969 bits per heavy atom. The molecule has 0 spiro atoms. The summed E-state index contributed by atoms with van der Waals surface area (Å²) < 4.78 is 0. The molecular weight excluding hydrogens is 446 g/mol. The van der Waals surface area contributed by atoms with Gasteiger partial charge in [0.1, 0.15) is 5.02 Å². The standard InChI is InChI=1S/C24H18ClN3O3S/c1-14-3-7-16(8-4-14)21-22(17-9-5-15(2)6-10-17)32-24(26-21)27-23(29)18-11-12-19(25)20(13-18)28(30)31/h3-13H,1-2H3,(H,26,27,29). The molecule has 0 saturated carbocycles. The van der Waals surface area contributed by atoms with Gasteiger partial charge >= 0.3 is 0 Å². The first-order valence-corrected chi connectivity index (χ1v) is 10.9. The highest BCUT2D eigenvalue weighted by Crippen LogP contribution is 2.39. The van der Waals surface area contributed by atoms with Crippen molar-refractivity contribution < 1.29 is 9.72 Å². The smallest absolute Gasteiger partial charge is 0.288 e. The lowest BCUT2D eigenvalue weighted by Crippen LogP contribution is -2.12. The molecule has 1 amide bonds. The number of nitro benzene ring substituents is 1. The van der Waals surface area contributed by atoms with E-state index >= 15 is 0 Å². The molecule has 1 aromatic heterocycles. The number of thiazole rings is 1. The topological polar surface area (TPSA) is 85.1 Å². The Morgan fingerprint density at radius 3 is 2.16 bits per heavy atom. The van der Waals surface area contributed by atoms with Crippen LogP contribution in [-0.2, 0) is 0 Å². The fourth-order valence-electron chi connectivity index (χ4n) is 3.14. The van der Waals surface area contributed by atoms with Gasteiger partial charge in [-0.2, -0.15) is 0 Å². The molecule has 4 rings (SSSR count). The SMILES string of the molecule is Cc1ccc(-c2nc(NC(=O)c3ccc(Cl)c([N+](=O)[O-])c3)sc2-c2ccc(C)cc2)cc1. The van der Waals surface area contributed by atoms with Crippen LogP contribution < -0.4 is 5.32 Å². The van der Waals surface area contributed by atoms with E-state index in [2.05, 4.69) is 10.3 Å². The molecule has 6 nitrogen and oxygen atoms in total. The summed E-state index contributed by atoms with van der Waals surface area (Å²) in [4.78, 5) is 28.9. The van der Waals surface area contributed by atoms with Crippen molar-refractivity contribution in [1.82, 2.24) is 4.98 Å². The maximum Gasteiger partial charge on any atom is 0.288 e. The van der Waals surface area contributed by atoms with Crippen molar-refractivity contribution in [2.75, 3.05) is 5.32 Å². The Kier molecular flexibility index (Phi) is 6.03. The number of aromatic nitrogens is 1. The monoisotopic (exact) mass is 463 g/mol. The number of hydrogen-bond acceptors (Lipinski definition) is 5. The summed E-state index contributed by atoms with van der Waals surface area (Å²) in [5.74, 6) is -0.496. The molecule has 32 heavy (non-hydrogen) atoms. The maximum absolute atomic E-state index is 12.8. The highest BCUT2D eigenvalue weighted by Gasteiger charge is 2.20. The van der Waals surface area contributed by atoms with Crippen LogP contribution in [0.2, 0.25) is 5.02 Å².